The van der Waals surface area contributed by atoms with Crippen LogP contribution >= 0.6 is 12.4 Å². The van der Waals surface area contributed by atoms with E-state index in [1.54, 1.807) is 6.20 Å². The van der Waals surface area contributed by atoms with E-state index >= 15 is 0 Å². The molecule has 3 heterocycles. The van der Waals surface area contributed by atoms with Gasteiger partial charge in [0.25, 0.3) is 5.91 Å². The van der Waals surface area contributed by atoms with Gasteiger partial charge in [-0.05, 0) is 29.0 Å². The summed E-state index contributed by atoms with van der Waals surface area (Å²) in [5.74, 6) is -0.260. The maximum Gasteiger partial charge on any atom is 0.274 e. The molecule has 0 spiro atoms. The number of piperazine rings is 1. The molecule has 0 saturated carbocycles. The zero-order chi connectivity index (χ0) is 24.3. The molecule has 2 aromatic heterocycles. The number of benzene rings is 1. The van der Waals surface area contributed by atoms with Crippen LogP contribution in [0.25, 0.3) is 11.1 Å². The van der Waals surface area contributed by atoms with Crippen LogP contribution in [-0.4, -0.2) is 42.2 Å². The summed E-state index contributed by atoms with van der Waals surface area (Å²) in [7, 11) is 0. The number of nitrogens with zero attached hydrogens (tertiary/aromatic N) is 4. The van der Waals surface area contributed by atoms with E-state index in [1.807, 2.05) is 46.0 Å². The molecule has 8 nitrogen and oxygen atoms in total. The number of aromatic nitrogens is 2. The molecular formula is C26H31ClN6O2. The van der Waals surface area contributed by atoms with Crippen molar-refractivity contribution in [2.24, 2.45) is 0 Å². The van der Waals surface area contributed by atoms with Gasteiger partial charge < -0.3 is 20.1 Å². The molecule has 0 atom stereocenters. The van der Waals surface area contributed by atoms with Gasteiger partial charge in [-0.1, -0.05) is 44.1 Å². The third-order valence-corrected chi connectivity index (χ3v) is 6.17. The molecule has 2 N–H and O–H groups in total. The van der Waals surface area contributed by atoms with Crippen LogP contribution in [0, 0.1) is 18.3 Å². The number of nitrogens with one attached hydrogen (secondary N) is 2. The number of pyridine rings is 1. The maximum absolute atomic E-state index is 12.8. The molecule has 35 heavy (non-hydrogen) atoms. The van der Waals surface area contributed by atoms with Crippen LogP contribution in [0.3, 0.4) is 0 Å². The Hall–Kier alpha value is -3.41. The Morgan fingerprint density at radius 3 is 2.66 bits per heavy atom. The fourth-order valence-corrected chi connectivity index (χ4v) is 4.22. The lowest BCUT2D eigenvalue weighted by Gasteiger charge is -2.31. The van der Waals surface area contributed by atoms with E-state index in [0.717, 1.165) is 59.7 Å². The van der Waals surface area contributed by atoms with Crippen LogP contribution in [0.5, 0.6) is 0 Å². The number of nitriles is 1. The topological polar surface area (TPSA) is 107 Å². The first-order valence-electron chi connectivity index (χ1n) is 11.5. The number of rotatable bonds is 5. The van der Waals surface area contributed by atoms with Gasteiger partial charge in [-0.2, -0.15) is 5.26 Å². The van der Waals surface area contributed by atoms with E-state index in [-0.39, 0.29) is 23.7 Å². The fourth-order valence-electron chi connectivity index (χ4n) is 4.22. The van der Waals surface area contributed by atoms with Crippen molar-refractivity contribution >= 4 is 24.0 Å². The second-order valence-corrected chi connectivity index (χ2v) is 9.58. The van der Waals surface area contributed by atoms with Crippen molar-refractivity contribution in [3.63, 3.8) is 0 Å². The number of amides is 1. The van der Waals surface area contributed by atoms with Gasteiger partial charge in [0.2, 0.25) is 0 Å². The number of carbonyl (C=O) groups excluding carboxylic acids is 1. The Balaban J connectivity index is 0.00000342. The summed E-state index contributed by atoms with van der Waals surface area (Å²) in [6.07, 6.45) is 5.00. The van der Waals surface area contributed by atoms with Gasteiger partial charge in [0.05, 0.1) is 17.4 Å². The summed E-state index contributed by atoms with van der Waals surface area (Å²) in [5, 5.41) is 20.0. The number of carbonyl (C=O) groups is 1. The minimum absolute atomic E-state index is 0. The quantitative estimate of drug-likeness (QED) is 0.552. The van der Waals surface area contributed by atoms with E-state index in [9.17, 15) is 10.1 Å². The van der Waals surface area contributed by atoms with Gasteiger partial charge in [0.15, 0.2) is 5.69 Å². The van der Waals surface area contributed by atoms with Crippen LogP contribution in [0.2, 0.25) is 0 Å². The molecule has 9 heteroatoms. The Morgan fingerprint density at radius 1 is 1.26 bits per heavy atom. The molecule has 1 aliphatic rings. The predicted molar refractivity (Wildman–Crippen MR) is 138 cm³/mol. The van der Waals surface area contributed by atoms with Crippen molar-refractivity contribution in [3.8, 4) is 17.2 Å². The average molecular weight is 495 g/mol. The predicted octanol–water partition coefficient (Wildman–Crippen LogP) is 3.98. The normalized spacial score (nSPS) is 13.6. The second kappa shape index (κ2) is 10.9. The lowest BCUT2D eigenvalue weighted by Crippen LogP contribution is -2.43. The summed E-state index contributed by atoms with van der Waals surface area (Å²) < 4.78 is 5.07. The summed E-state index contributed by atoms with van der Waals surface area (Å²) in [6, 6.07) is 8.38. The minimum Gasteiger partial charge on any atom is -0.367 e. The standard InChI is InChI=1S/C26H30N6O2.ClH/c1-17-11-18(23-20(12-27)13-29-15-22(23)32-9-7-28-8-10-32)5-6-19(17)14-30-25(33)24-21(16-34-31-24)26(2,3)4;/h5-6,11,13,15-16,28H,7-10,14H2,1-4H3,(H,30,33);1H. The maximum atomic E-state index is 12.8. The van der Waals surface area contributed by atoms with Crippen molar-refractivity contribution in [2.75, 3.05) is 31.1 Å². The molecule has 1 aromatic carbocycles. The van der Waals surface area contributed by atoms with Gasteiger partial charge in [-0.3, -0.25) is 9.78 Å². The second-order valence-electron chi connectivity index (χ2n) is 9.58. The van der Waals surface area contributed by atoms with E-state index in [0.29, 0.717) is 17.8 Å². The van der Waals surface area contributed by atoms with Crippen LogP contribution < -0.4 is 15.5 Å². The number of hydrogen-bond donors (Lipinski definition) is 2. The molecule has 1 fully saturated rings. The number of aryl methyl sites for hydroxylation is 1. The van der Waals surface area contributed by atoms with Gasteiger partial charge in [-0.15, -0.1) is 12.4 Å². The molecule has 3 aromatic rings. The first-order chi connectivity index (χ1) is 16.3. The molecule has 184 valence electrons. The lowest BCUT2D eigenvalue weighted by atomic mass is 9.87. The molecule has 0 aliphatic carbocycles. The van der Waals surface area contributed by atoms with Gasteiger partial charge >= 0.3 is 0 Å². The summed E-state index contributed by atoms with van der Waals surface area (Å²) >= 11 is 0. The third-order valence-electron chi connectivity index (χ3n) is 6.17. The van der Waals surface area contributed by atoms with Crippen molar-refractivity contribution < 1.29 is 9.32 Å². The van der Waals surface area contributed by atoms with Gasteiger partial charge in [0.1, 0.15) is 12.3 Å². The average Bonchev–Trinajstić information content (AvgIpc) is 3.34. The Morgan fingerprint density at radius 2 is 2.00 bits per heavy atom. The van der Waals surface area contributed by atoms with E-state index < -0.39 is 0 Å². The molecule has 1 aliphatic heterocycles. The van der Waals surface area contributed by atoms with Gasteiger partial charge in [-0.25, -0.2) is 0 Å². The fraction of sp³-hybridized carbons (Fsp3) is 0.385. The molecule has 1 saturated heterocycles. The Labute approximate surface area is 212 Å². The first kappa shape index (κ1) is 26.2. The SMILES string of the molecule is Cc1cc(-c2c(C#N)cncc2N2CCNCC2)ccc1CNC(=O)c1nocc1C(C)(C)C.Cl. The van der Waals surface area contributed by atoms with E-state index in [2.05, 4.69) is 37.8 Å². The molecule has 1 amide bonds. The molecule has 0 radical (unpaired) electrons. The monoisotopic (exact) mass is 494 g/mol. The highest BCUT2D eigenvalue weighted by Crippen LogP contribution is 2.34. The lowest BCUT2D eigenvalue weighted by molar-refractivity contribution is 0.0940. The molecule has 0 bridgehead atoms. The summed E-state index contributed by atoms with van der Waals surface area (Å²) in [6.45, 7) is 12.0. The van der Waals surface area contributed by atoms with Crippen LogP contribution in [0.1, 0.15) is 53.5 Å². The van der Waals surface area contributed by atoms with Crippen molar-refractivity contribution in [1.82, 2.24) is 20.8 Å². The van der Waals surface area contributed by atoms with E-state index in [1.165, 1.54) is 6.26 Å². The minimum atomic E-state index is -0.260. The number of hydrogen-bond acceptors (Lipinski definition) is 7. The van der Waals surface area contributed by atoms with Crippen LogP contribution in [-0.2, 0) is 12.0 Å². The van der Waals surface area contributed by atoms with Crippen molar-refractivity contribution in [2.45, 2.75) is 39.7 Å². The van der Waals surface area contributed by atoms with Crippen LogP contribution in [0.4, 0.5) is 5.69 Å². The Kier molecular flexibility index (Phi) is 8.15. The highest BCUT2D eigenvalue weighted by Gasteiger charge is 2.26. The summed E-state index contributed by atoms with van der Waals surface area (Å²) in [5.41, 5.74) is 6.27. The number of halogens is 1. The summed E-state index contributed by atoms with van der Waals surface area (Å²) in [4.78, 5) is 19.3. The molecule has 0 unspecified atom stereocenters. The molecule has 4 rings (SSSR count). The first-order valence-corrected chi connectivity index (χ1v) is 11.5. The van der Waals surface area contributed by atoms with Crippen LogP contribution in [0.15, 0.2) is 41.4 Å². The van der Waals surface area contributed by atoms with Crippen molar-refractivity contribution in [1.29, 1.82) is 5.26 Å². The Bertz CT molecular complexity index is 1240. The third kappa shape index (κ3) is 5.64. The highest BCUT2D eigenvalue weighted by molar-refractivity contribution is 5.93. The largest absolute Gasteiger partial charge is 0.367 e. The van der Waals surface area contributed by atoms with Crippen molar-refractivity contribution in [3.05, 3.63) is 64.8 Å². The zero-order valence-corrected chi connectivity index (χ0v) is 21.3. The smallest absolute Gasteiger partial charge is 0.274 e. The number of anilines is 1. The zero-order valence-electron chi connectivity index (χ0n) is 20.5. The van der Waals surface area contributed by atoms with E-state index in [4.69, 9.17) is 4.52 Å². The highest BCUT2D eigenvalue weighted by atomic mass is 35.5. The van der Waals surface area contributed by atoms with Gasteiger partial charge in [0, 0.05) is 50.0 Å². The molecular weight excluding hydrogens is 464 g/mol.